The van der Waals surface area contributed by atoms with Gasteiger partial charge in [-0.25, -0.2) is 0 Å². The van der Waals surface area contributed by atoms with Gasteiger partial charge in [-0.05, 0) is 12.1 Å². The van der Waals surface area contributed by atoms with Crippen molar-refractivity contribution in [1.29, 1.82) is 0 Å². The van der Waals surface area contributed by atoms with E-state index in [-0.39, 0.29) is 16.9 Å². The van der Waals surface area contributed by atoms with Crippen molar-refractivity contribution in [2.24, 2.45) is 0 Å². The van der Waals surface area contributed by atoms with E-state index >= 15 is 0 Å². The Bertz CT molecular complexity index is 888. The van der Waals surface area contributed by atoms with Gasteiger partial charge in [0.2, 0.25) is 3.79 Å². The molecule has 0 saturated heterocycles. The maximum absolute atomic E-state index is 12.5. The van der Waals surface area contributed by atoms with Crippen LogP contribution < -0.4 is 10.6 Å². The summed E-state index contributed by atoms with van der Waals surface area (Å²) >= 11 is 17.6. The van der Waals surface area contributed by atoms with Crippen molar-refractivity contribution in [3.8, 4) is 0 Å². The van der Waals surface area contributed by atoms with Crippen molar-refractivity contribution < 1.29 is 14.6 Å². The first kappa shape index (κ1) is 20.7. The molecule has 0 aromatic heterocycles. The lowest BCUT2D eigenvalue weighted by Gasteiger charge is -2.27. The highest BCUT2D eigenvalue weighted by Gasteiger charge is 2.35. The van der Waals surface area contributed by atoms with Crippen LogP contribution in [0.25, 0.3) is 0 Å². The third kappa shape index (κ3) is 5.43. The maximum atomic E-state index is 12.5. The minimum atomic E-state index is -2.07. The van der Waals surface area contributed by atoms with Gasteiger partial charge in [-0.2, -0.15) is 0 Å². The Morgan fingerprint density at radius 2 is 1.67 bits per heavy atom. The van der Waals surface area contributed by atoms with Gasteiger partial charge < -0.3 is 10.6 Å². The van der Waals surface area contributed by atoms with E-state index in [0.717, 1.165) is 6.07 Å². The molecule has 1 atom stereocenters. The first-order valence-electron chi connectivity index (χ1n) is 7.21. The summed E-state index contributed by atoms with van der Waals surface area (Å²) in [7, 11) is 0. The Kier molecular flexibility index (Phi) is 6.42. The molecule has 0 spiro atoms. The van der Waals surface area contributed by atoms with Crippen molar-refractivity contribution in [3.05, 3.63) is 74.3 Å². The van der Waals surface area contributed by atoms with Gasteiger partial charge in [0.15, 0.2) is 0 Å². The normalized spacial score (nSPS) is 12.1. The summed E-state index contributed by atoms with van der Waals surface area (Å²) < 4.78 is -2.07. The van der Waals surface area contributed by atoms with Crippen LogP contribution in [-0.2, 0) is 0 Å². The predicted octanol–water partition coefficient (Wildman–Crippen LogP) is 4.04. The quantitative estimate of drug-likeness (QED) is 0.306. The van der Waals surface area contributed by atoms with Crippen LogP contribution >= 0.6 is 34.8 Å². The Balaban J connectivity index is 2.28. The lowest BCUT2D eigenvalue weighted by molar-refractivity contribution is -0.385. The van der Waals surface area contributed by atoms with Gasteiger partial charge in [0.1, 0.15) is 11.7 Å². The fourth-order valence-electron chi connectivity index (χ4n) is 2.11. The molecule has 142 valence electrons. The van der Waals surface area contributed by atoms with Crippen molar-refractivity contribution in [2.45, 2.75) is 9.96 Å². The van der Waals surface area contributed by atoms with E-state index in [1.54, 1.807) is 0 Å². The van der Waals surface area contributed by atoms with Crippen LogP contribution in [0.2, 0.25) is 0 Å². The standard InChI is InChI=1S/C15H11Cl3N4O5/c16-15(17,18)14(19-9-4-3-5-10(8-9)21(24)25)20-13(23)11-6-1-2-7-12(11)22(26)27/h1-8,14,19H,(H,20,23). The second-order valence-corrected chi connectivity index (χ2v) is 7.54. The SMILES string of the molecule is O=C(NC(Nc1cccc([N+](=O)[O-])c1)C(Cl)(Cl)Cl)c1ccccc1[N+](=O)[O-]. The zero-order valence-corrected chi connectivity index (χ0v) is 15.5. The average Bonchev–Trinajstić information content (AvgIpc) is 2.60. The third-order valence-corrected chi connectivity index (χ3v) is 3.97. The molecule has 0 radical (unpaired) electrons. The van der Waals surface area contributed by atoms with Gasteiger partial charge >= 0.3 is 0 Å². The molecular weight excluding hydrogens is 423 g/mol. The van der Waals surface area contributed by atoms with E-state index in [0.29, 0.717) is 0 Å². The number of benzene rings is 2. The smallest absolute Gasteiger partial charge is 0.282 e. The largest absolute Gasteiger partial charge is 0.362 e. The van der Waals surface area contributed by atoms with Gasteiger partial charge in [-0.3, -0.25) is 25.0 Å². The van der Waals surface area contributed by atoms with Crippen LogP contribution in [0, 0.1) is 20.2 Å². The number of halogens is 3. The fourth-order valence-corrected chi connectivity index (χ4v) is 2.44. The molecule has 1 unspecified atom stereocenters. The number of nitro benzene ring substituents is 2. The molecule has 0 aliphatic carbocycles. The highest BCUT2D eigenvalue weighted by molar-refractivity contribution is 6.68. The van der Waals surface area contributed by atoms with E-state index in [9.17, 15) is 25.0 Å². The first-order chi connectivity index (χ1) is 12.6. The number of hydrogen-bond acceptors (Lipinski definition) is 6. The van der Waals surface area contributed by atoms with Crippen LogP contribution in [0.15, 0.2) is 48.5 Å². The molecule has 0 bridgehead atoms. The molecule has 2 rings (SSSR count). The number of non-ortho nitro benzene ring substituents is 1. The molecule has 9 nitrogen and oxygen atoms in total. The molecule has 0 fully saturated rings. The van der Waals surface area contributed by atoms with Crippen molar-refractivity contribution in [1.82, 2.24) is 5.32 Å². The molecular formula is C15H11Cl3N4O5. The molecule has 2 aromatic carbocycles. The lowest BCUT2D eigenvalue weighted by atomic mass is 10.1. The minimum absolute atomic E-state index is 0.198. The number of nitro groups is 2. The van der Waals surface area contributed by atoms with E-state index in [4.69, 9.17) is 34.8 Å². The number of amides is 1. The fraction of sp³-hybridized carbons (Fsp3) is 0.133. The Morgan fingerprint density at radius 1 is 1.00 bits per heavy atom. The van der Waals surface area contributed by atoms with Gasteiger partial charge in [-0.15, -0.1) is 0 Å². The van der Waals surface area contributed by atoms with E-state index in [2.05, 4.69) is 10.6 Å². The maximum Gasteiger partial charge on any atom is 0.282 e. The van der Waals surface area contributed by atoms with Crippen molar-refractivity contribution in [3.63, 3.8) is 0 Å². The molecule has 27 heavy (non-hydrogen) atoms. The zero-order chi connectivity index (χ0) is 20.2. The Morgan fingerprint density at radius 3 is 2.26 bits per heavy atom. The van der Waals surface area contributed by atoms with Crippen LogP contribution in [0.5, 0.6) is 0 Å². The second kappa shape index (κ2) is 8.38. The molecule has 2 aromatic rings. The van der Waals surface area contributed by atoms with Gasteiger partial charge in [0.05, 0.1) is 9.85 Å². The number of nitrogens with zero attached hydrogens (tertiary/aromatic N) is 2. The number of para-hydroxylation sites is 1. The summed E-state index contributed by atoms with van der Waals surface area (Å²) in [5.74, 6) is -0.864. The summed E-state index contributed by atoms with van der Waals surface area (Å²) in [6, 6.07) is 10.6. The number of carbonyl (C=O) groups is 1. The second-order valence-electron chi connectivity index (χ2n) is 5.17. The van der Waals surface area contributed by atoms with Crippen molar-refractivity contribution >= 4 is 57.8 Å². The van der Waals surface area contributed by atoms with Gasteiger partial charge in [0.25, 0.3) is 17.3 Å². The summed E-state index contributed by atoms with van der Waals surface area (Å²) in [6.45, 7) is 0. The lowest BCUT2D eigenvalue weighted by Crippen LogP contribution is -2.49. The molecule has 12 heteroatoms. The van der Waals surface area contributed by atoms with E-state index in [1.165, 1.54) is 42.5 Å². The Hall–Kier alpha value is -2.62. The third-order valence-electron chi connectivity index (χ3n) is 3.32. The van der Waals surface area contributed by atoms with Gasteiger partial charge in [-0.1, -0.05) is 53.0 Å². The number of hydrogen-bond donors (Lipinski definition) is 2. The Labute approximate surface area is 167 Å². The number of carbonyl (C=O) groups excluding carboxylic acids is 1. The number of rotatable bonds is 6. The van der Waals surface area contributed by atoms with Crippen LogP contribution in [-0.4, -0.2) is 25.7 Å². The number of nitrogens with one attached hydrogen (secondary N) is 2. The van der Waals surface area contributed by atoms with Crippen LogP contribution in [0.3, 0.4) is 0 Å². The van der Waals surface area contributed by atoms with E-state index in [1.807, 2.05) is 0 Å². The van der Waals surface area contributed by atoms with Crippen LogP contribution in [0.4, 0.5) is 17.1 Å². The first-order valence-corrected chi connectivity index (χ1v) is 8.35. The summed E-state index contributed by atoms with van der Waals surface area (Å²) in [5, 5.41) is 26.9. The topological polar surface area (TPSA) is 127 Å². The molecule has 2 N–H and O–H groups in total. The summed E-state index contributed by atoms with van der Waals surface area (Å²) in [4.78, 5) is 33.1. The monoisotopic (exact) mass is 432 g/mol. The zero-order valence-electron chi connectivity index (χ0n) is 13.3. The number of alkyl halides is 3. The molecule has 0 aliphatic heterocycles. The molecule has 0 heterocycles. The van der Waals surface area contributed by atoms with E-state index < -0.39 is 31.4 Å². The summed E-state index contributed by atoms with van der Waals surface area (Å²) in [5.41, 5.74) is -0.674. The van der Waals surface area contributed by atoms with Crippen molar-refractivity contribution in [2.75, 3.05) is 5.32 Å². The number of anilines is 1. The summed E-state index contributed by atoms with van der Waals surface area (Å²) in [6.07, 6.45) is -1.34. The molecule has 0 saturated carbocycles. The minimum Gasteiger partial charge on any atom is -0.362 e. The average molecular weight is 434 g/mol. The highest BCUT2D eigenvalue weighted by atomic mass is 35.6. The molecule has 1 amide bonds. The highest BCUT2D eigenvalue weighted by Crippen LogP contribution is 2.32. The van der Waals surface area contributed by atoms with Crippen LogP contribution in [0.1, 0.15) is 10.4 Å². The van der Waals surface area contributed by atoms with Gasteiger partial charge in [0, 0.05) is 23.9 Å². The predicted molar refractivity (Wildman–Crippen MR) is 101 cm³/mol. The molecule has 0 aliphatic rings.